The van der Waals surface area contributed by atoms with E-state index in [9.17, 15) is 18.0 Å². The van der Waals surface area contributed by atoms with E-state index in [-0.39, 0.29) is 18.1 Å². The zero-order valence-corrected chi connectivity index (χ0v) is 8.63. The van der Waals surface area contributed by atoms with Crippen LogP contribution in [0.4, 0.5) is 0 Å². The average Bonchev–Trinajstić information content (AvgIpc) is 2.02. The summed E-state index contributed by atoms with van der Waals surface area (Å²) in [5, 5.41) is 10.4. The molecule has 0 unspecified atom stereocenters. The monoisotopic (exact) mass is 223 g/mol. The topological polar surface area (TPSA) is 101 Å². The van der Waals surface area contributed by atoms with Crippen molar-refractivity contribution in [2.24, 2.45) is 0 Å². The molecule has 0 atom stereocenters. The molecule has 0 rings (SSSR count). The van der Waals surface area contributed by atoms with Crippen molar-refractivity contribution in [3.8, 4) is 0 Å². The molecule has 0 aromatic heterocycles. The van der Waals surface area contributed by atoms with Crippen molar-refractivity contribution >= 4 is 21.7 Å². The van der Waals surface area contributed by atoms with Crippen molar-refractivity contribution in [1.29, 1.82) is 0 Å². The normalized spacial score (nSPS) is 10.9. The molecule has 82 valence electrons. The van der Waals surface area contributed by atoms with Crippen LogP contribution in [-0.2, 0) is 19.4 Å². The summed E-state index contributed by atoms with van der Waals surface area (Å²) in [4.78, 5) is 20.8. The lowest BCUT2D eigenvalue weighted by Crippen LogP contribution is -2.30. The van der Waals surface area contributed by atoms with Crippen molar-refractivity contribution < 1.29 is 23.1 Å². The number of carbonyl (C=O) groups is 2. The molecule has 6 nitrogen and oxygen atoms in total. The number of nitrogens with one attached hydrogen (secondary N) is 1. The van der Waals surface area contributed by atoms with Crippen LogP contribution in [0.25, 0.3) is 0 Å². The van der Waals surface area contributed by atoms with E-state index >= 15 is 0 Å². The van der Waals surface area contributed by atoms with Crippen LogP contribution >= 0.6 is 0 Å². The second-order valence-corrected chi connectivity index (χ2v) is 5.13. The van der Waals surface area contributed by atoms with Gasteiger partial charge in [0.1, 0.15) is 6.42 Å². The number of sulfone groups is 1. The minimum Gasteiger partial charge on any atom is -0.481 e. The molecule has 0 aromatic carbocycles. The van der Waals surface area contributed by atoms with Gasteiger partial charge in [-0.3, -0.25) is 9.59 Å². The van der Waals surface area contributed by atoms with Crippen LogP contribution in [0.5, 0.6) is 0 Å². The number of carbonyl (C=O) groups excluding carboxylic acids is 1. The Labute approximate surface area is 82.2 Å². The van der Waals surface area contributed by atoms with Gasteiger partial charge in [0.25, 0.3) is 0 Å². The number of carboxylic acid groups (broad SMARTS) is 1. The zero-order valence-electron chi connectivity index (χ0n) is 7.82. The van der Waals surface area contributed by atoms with E-state index in [0.717, 1.165) is 0 Å². The van der Waals surface area contributed by atoms with Gasteiger partial charge in [0, 0.05) is 12.3 Å². The molecule has 0 saturated carbocycles. The van der Waals surface area contributed by atoms with Crippen molar-refractivity contribution in [1.82, 2.24) is 5.32 Å². The van der Waals surface area contributed by atoms with Gasteiger partial charge in [-0.1, -0.05) is 6.92 Å². The second kappa shape index (κ2) is 5.58. The van der Waals surface area contributed by atoms with Crippen LogP contribution in [0.3, 0.4) is 0 Å². The van der Waals surface area contributed by atoms with Crippen LogP contribution in [0.15, 0.2) is 0 Å². The third-order valence-electron chi connectivity index (χ3n) is 1.49. The Bertz CT molecular complexity index is 308. The Morgan fingerprint density at radius 2 is 1.93 bits per heavy atom. The molecule has 0 aliphatic heterocycles. The number of hydrogen-bond donors (Lipinski definition) is 2. The molecule has 0 radical (unpaired) electrons. The van der Waals surface area contributed by atoms with E-state index in [2.05, 4.69) is 5.32 Å². The fraction of sp³-hybridized carbons (Fsp3) is 0.714. The maximum Gasteiger partial charge on any atom is 0.312 e. The number of aliphatic carboxylic acids is 1. The van der Waals surface area contributed by atoms with E-state index in [1.54, 1.807) is 0 Å². The molecule has 0 aromatic rings. The highest BCUT2D eigenvalue weighted by atomic mass is 32.2. The summed E-state index contributed by atoms with van der Waals surface area (Å²) in [6, 6.07) is 0. The molecular formula is C7H13NO5S. The summed E-state index contributed by atoms with van der Waals surface area (Å²) < 4.78 is 21.9. The van der Waals surface area contributed by atoms with Crippen molar-refractivity contribution in [2.75, 3.05) is 18.1 Å². The highest BCUT2D eigenvalue weighted by molar-refractivity contribution is 7.91. The van der Waals surface area contributed by atoms with Crippen LogP contribution in [-0.4, -0.2) is 43.5 Å². The third kappa shape index (κ3) is 6.41. The van der Waals surface area contributed by atoms with E-state index in [1.807, 2.05) is 0 Å². The molecule has 0 spiro atoms. The Kier molecular flexibility index (Phi) is 5.14. The summed E-state index contributed by atoms with van der Waals surface area (Å²) in [6.07, 6.45) is -0.633. The van der Waals surface area contributed by atoms with Gasteiger partial charge in [-0.2, -0.15) is 0 Å². The summed E-state index contributed by atoms with van der Waals surface area (Å²) in [5.41, 5.74) is 0. The first kappa shape index (κ1) is 12.9. The second-order valence-electron chi connectivity index (χ2n) is 2.66. The van der Waals surface area contributed by atoms with Gasteiger partial charge >= 0.3 is 5.97 Å². The lowest BCUT2D eigenvalue weighted by atomic mass is 10.4. The van der Waals surface area contributed by atoms with Gasteiger partial charge in [-0.05, 0) is 0 Å². The van der Waals surface area contributed by atoms with E-state index in [1.165, 1.54) is 6.92 Å². The summed E-state index contributed by atoms with van der Waals surface area (Å²) >= 11 is 0. The molecule has 0 fully saturated rings. The van der Waals surface area contributed by atoms with Crippen molar-refractivity contribution in [3.05, 3.63) is 0 Å². The Balaban J connectivity index is 3.75. The SMILES string of the molecule is CCS(=O)(=O)CCNC(=O)CC(=O)O. The Hall–Kier alpha value is -1.11. The smallest absolute Gasteiger partial charge is 0.312 e. The maximum absolute atomic E-state index is 10.9. The van der Waals surface area contributed by atoms with E-state index in [0.29, 0.717) is 0 Å². The number of hydrogen-bond acceptors (Lipinski definition) is 4. The summed E-state index contributed by atoms with van der Waals surface area (Å²) in [5.74, 6) is -2.05. The number of amides is 1. The molecule has 0 heterocycles. The molecule has 1 amide bonds. The van der Waals surface area contributed by atoms with E-state index < -0.39 is 28.1 Å². The molecule has 2 N–H and O–H groups in total. The average molecular weight is 223 g/mol. The quantitative estimate of drug-likeness (QED) is 0.563. The van der Waals surface area contributed by atoms with Crippen molar-refractivity contribution in [2.45, 2.75) is 13.3 Å². The maximum atomic E-state index is 10.9. The fourth-order valence-electron chi connectivity index (χ4n) is 0.690. The van der Waals surface area contributed by atoms with Gasteiger partial charge in [0.05, 0.1) is 5.75 Å². The standard InChI is InChI=1S/C7H13NO5S/c1-2-14(12,13)4-3-8-6(9)5-7(10)11/h2-5H2,1H3,(H,8,9)(H,10,11). The Morgan fingerprint density at radius 3 is 2.36 bits per heavy atom. The highest BCUT2D eigenvalue weighted by Crippen LogP contribution is 1.87. The first-order chi connectivity index (χ1) is 6.37. The van der Waals surface area contributed by atoms with Gasteiger partial charge in [0.15, 0.2) is 9.84 Å². The van der Waals surface area contributed by atoms with Crippen LogP contribution in [0.2, 0.25) is 0 Å². The summed E-state index contributed by atoms with van der Waals surface area (Å²) in [7, 11) is -3.11. The third-order valence-corrected chi connectivity index (χ3v) is 3.19. The number of rotatable bonds is 6. The Morgan fingerprint density at radius 1 is 1.36 bits per heavy atom. The van der Waals surface area contributed by atoms with Gasteiger partial charge in [0.2, 0.25) is 5.91 Å². The molecule has 0 aliphatic rings. The van der Waals surface area contributed by atoms with Crippen molar-refractivity contribution in [3.63, 3.8) is 0 Å². The summed E-state index contributed by atoms with van der Waals surface area (Å²) in [6.45, 7) is 1.47. The van der Waals surface area contributed by atoms with Crippen LogP contribution in [0, 0.1) is 0 Å². The lowest BCUT2D eigenvalue weighted by Gasteiger charge is -2.02. The highest BCUT2D eigenvalue weighted by Gasteiger charge is 2.10. The number of carboxylic acids is 1. The largest absolute Gasteiger partial charge is 0.481 e. The van der Waals surface area contributed by atoms with E-state index in [4.69, 9.17) is 5.11 Å². The molecule has 0 bridgehead atoms. The minimum atomic E-state index is -3.11. The molecule has 14 heavy (non-hydrogen) atoms. The first-order valence-corrected chi connectivity index (χ1v) is 5.88. The van der Waals surface area contributed by atoms with Crippen LogP contribution < -0.4 is 5.32 Å². The molecule has 0 aliphatic carbocycles. The van der Waals surface area contributed by atoms with Gasteiger partial charge in [-0.15, -0.1) is 0 Å². The zero-order chi connectivity index (χ0) is 11.2. The minimum absolute atomic E-state index is 0.0157. The van der Waals surface area contributed by atoms with Gasteiger partial charge < -0.3 is 10.4 Å². The predicted molar refractivity (Wildman–Crippen MR) is 49.6 cm³/mol. The lowest BCUT2D eigenvalue weighted by molar-refractivity contribution is -0.140. The molecule has 7 heteroatoms. The predicted octanol–water partition coefficient (Wildman–Crippen LogP) is -0.988. The first-order valence-electron chi connectivity index (χ1n) is 4.06. The van der Waals surface area contributed by atoms with Gasteiger partial charge in [-0.25, -0.2) is 8.42 Å². The molecule has 0 saturated heterocycles. The molecular weight excluding hydrogens is 210 g/mol. The van der Waals surface area contributed by atoms with Crippen LogP contribution in [0.1, 0.15) is 13.3 Å². The fourth-order valence-corrected chi connectivity index (χ4v) is 1.39.